The van der Waals surface area contributed by atoms with Gasteiger partial charge in [0, 0.05) is 11.3 Å². The van der Waals surface area contributed by atoms with Crippen LogP contribution < -0.4 is 5.73 Å². The van der Waals surface area contributed by atoms with Crippen LogP contribution in [-0.2, 0) is 0 Å². The number of H-pyrrole nitrogens is 1. The lowest BCUT2D eigenvalue weighted by Crippen LogP contribution is -2.10. The van der Waals surface area contributed by atoms with Gasteiger partial charge in [-0.2, -0.15) is 0 Å². The summed E-state index contributed by atoms with van der Waals surface area (Å²) in [5.74, 6) is -0.271. The molecule has 0 aliphatic heterocycles. The van der Waals surface area contributed by atoms with E-state index >= 15 is 0 Å². The summed E-state index contributed by atoms with van der Waals surface area (Å²) in [4.78, 5) is 3.28. The molecule has 0 aliphatic rings. The zero-order valence-corrected chi connectivity index (χ0v) is 10.4. The summed E-state index contributed by atoms with van der Waals surface area (Å²) in [6.07, 6.45) is 0. The number of aromatic amines is 1. The highest BCUT2D eigenvalue weighted by molar-refractivity contribution is 7.80. The van der Waals surface area contributed by atoms with Gasteiger partial charge in [-0.15, -0.1) is 0 Å². The van der Waals surface area contributed by atoms with E-state index in [-0.39, 0.29) is 10.8 Å². The largest absolute Gasteiger partial charge is 0.389 e. The molecule has 1 heterocycles. The molecule has 2 nitrogen and oxygen atoms in total. The summed E-state index contributed by atoms with van der Waals surface area (Å²) in [5.41, 5.74) is 7.81. The number of rotatable bonds is 2. The molecule has 0 fully saturated rings. The highest BCUT2D eigenvalue weighted by atomic mass is 32.1. The number of nitrogens with one attached hydrogen (secondary N) is 1. The maximum absolute atomic E-state index is 12.8. The number of hydrogen-bond donors (Lipinski definition) is 2. The van der Waals surface area contributed by atoms with Crippen LogP contribution in [0.25, 0.3) is 11.3 Å². The average Bonchev–Trinajstić information content (AvgIpc) is 2.29. The summed E-state index contributed by atoms with van der Waals surface area (Å²) >= 11 is 10.0. The first-order valence-electron chi connectivity index (χ1n) is 4.87. The van der Waals surface area contributed by atoms with E-state index in [1.807, 2.05) is 6.07 Å². The quantitative estimate of drug-likeness (QED) is 0.819. The zero-order valence-electron chi connectivity index (χ0n) is 8.74. The van der Waals surface area contributed by atoms with E-state index in [4.69, 9.17) is 30.2 Å². The Balaban J connectivity index is 2.48. The molecule has 0 aliphatic carbocycles. The second-order valence-electron chi connectivity index (χ2n) is 3.49. The number of nitrogens with two attached hydrogens (primary N) is 1. The lowest BCUT2D eigenvalue weighted by atomic mass is 10.1. The minimum absolute atomic E-state index is 0.261. The molecule has 0 saturated heterocycles. The third kappa shape index (κ3) is 2.57. The highest BCUT2D eigenvalue weighted by Gasteiger charge is 2.03. The van der Waals surface area contributed by atoms with Crippen molar-refractivity contribution in [2.24, 2.45) is 5.73 Å². The molecule has 0 radical (unpaired) electrons. The van der Waals surface area contributed by atoms with E-state index in [1.165, 1.54) is 12.1 Å². The van der Waals surface area contributed by atoms with Gasteiger partial charge >= 0.3 is 0 Å². The maximum atomic E-state index is 12.8. The van der Waals surface area contributed by atoms with Crippen molar-refractivity contribution in [2.75, 3.05) is 0 Å². The van der Waals surface area contributed by atoms with Crippen LogP contribution in [0.1, 0.15) is 5.56 Å². The molecule has 0 atom stereocenters. The predicted octanol–water partition coefficient (Wildman–Crippen LogP) is 3.18. The zero-order chi connectivity index (χ0) is 12.4. The molecule has 2 rings (SSSR count). The van der Waals surface area contributed by atoms with E-state index in [1.54, 1.807) is 18.2 Å². The van der Waals surface area contributed by atoms with Crippen molar-refractivity contribution in [3.63, 3.8) is 0 Å². The number of hydrogen-bond acceptors (Lipinski definition) is 2. The van der Waals surface area contributed by atoms with Crippen molar-refractivity contribution < 1.29 is 4.39 Å². The standard InChI is InChI=1S/C12H9FN2S2/c13-8-3-1-7(2-4-8)10-6-5-9(11(14)16)12(17)15-10/h1-6H,(H2,14,16)(H,15,17). The number of thiocarbonyl (C=S) groups is 1. The first-order valence-corrected chi connectivity index (χ1v) is 5.68. The number of benzene rings is 1. The molecular formula is C12H9FN2S2. The second-order valence-corrected chi connectivity index (χ2v) is 4.33. The van der Waals surface area contributed by atoms with Crippen molar-refractivity contribution in [2.45, 2.75) is 0 Å². The van der Waals surface area contributed by atoms with Crippen molar-refractivity contribution in [1.29, 1.82) is 0 Å². The minimum Gasteiger partial charge on any atom is -0.389 e. The third-order valence-corrected chi connectivity index (χ3v) is 2.87. The van der Waals surface area contributed by atoms with E-state index in [0.29, 0.717) is 10.2 Å². The summed E-state index contributed by atoms with van der Waals surface area (Å²) in [5, 5.41) is 0. The van der Waals surface area contributed by atoms with Crippen LogP contribution in [0.15, 0.2) is 36.4 Å². The predicted molar refractivity (Wildman–Crippen MR) is 72.9 cm³/mol. The fourth-order valence-electron chi connectivity index (χ4n) is 1.47. The maximum Gasteiger partial charge on any atom is 0.123 e. The van der Waals surface area contributed by atoms with Gasteiger partial charge in [-0.3, -0.25) is 0 Å². The molecule has 3 N–H and O–H groups in total. The Hall–Kier alpha value is -1.59. The monoisotopic (exact) mass is 264 g/mol. The highest BCUT2D eigenvalue weighted by Crippen LogP contribution is 2.18. The molecule has 17 heavy (non-hydrogen) atoms. The first-order chi connectivity index (χ1) is 8.08. The SMILES string of the molecule is NC(=S)c1ccc(-c2ccc(F)cc2)[nH]c1=S. The average molecular weight is 264 g/mol. The molecule has 86 valence electrons. The molecular weight excluding hydrogens is 255 g/mol. The van der Waals surface area contributed by atoms with Gasteiger partial charge in [0.25, 0.3) is 0 Å². The minimum atomic E-state index is -0.271. The Labute approximate surface area is 108 Å². The van der Waals surface area contributed by atoms with Crippen molar-refractivity contribution in [1.82, 2.24) is 4.98 Å². The lowest BCUT2D eigenvalue weighted by Gasteiger charge is -2.04. The summed E-state index contributed by atoms with van der Waals surface area (Å²) in [6, 6.07) is 9.73. The summed E-state index contributed by atoms with van der Waals surface area (Å²) < 4.78 is 13.3. The number of pyridine rings is 1. The van der Waals surface area contributed by atoms with Gasteiger partial charge < -0.3 is 10.7 Å². The summed E-state index contributed by atoms with van der Waals surface area (Å²) in [7, 11) is 0. The third-order valence-electron chi connectivity index (χ3n) is 2.33. The Morgan fingerprint density at radius 1 is 1.12 bits per heavy atom. The number of aromatic nitrogens is 1. The fraction of sp³-hybridized carbons (Fsp3) is 0. The van der Waals surface area contributed by atoms with Crippen LogP contribution in [0, 0.1) is 10.5 Å². The molecule has 1 aromatic heterocycles. The molecule has 0 saturated carbocycles. The summed E-state index contributed by atoms with van der Waals surface area (Å²) in [6.45, 7) is 0. The second kappa shape index (κ2) is 4.73. The Morgan fingerprint density at radius 2 is 1.76 bits per heavy atom. The molecule has 1 aromatic carbocycles. The Bertz CT molecular complexity index is 617. The van der Waals surface area contributed by atoms with Crippen LogP contribution in [-0.4, -0.2) is 9.97 Å². The van der Waals surface area contributed by atoms with Crippen LogP contribution >= 0.6 is 24.4 Å². The smallest absolute Gasteiger partial charge is 0.123 e. The van der Waals surface area contributed by atoms with Crippen LogP contribution in [0.5, 0.6) is 0 Å². The van der Waals surface area contributed by atoms with Crippen molar-refractivity contribution in [3.8, 4) is 11.3 Å². The van der Waals surface area contributed by atoms with E-state index in [9.17, 15) is 4.39 Å². The van der Waals surface area contributed by atoms with Crippen molar-refractivity contribution >= 4 is 29.4 Å². The van der Waals surface area contributed by atoms with Gasteiger partial charge in [0.15, 0.2) is 0 Å². The van der Waals surface area contributed by atoms with Gasteiger partial charge in [-0.25, -0.2) is 4.39 Å². The van der Waals surface area contributed by atoms with E-state index in [0.717, 1.165) is 11.3 Å². The molecule has 0 amide bonds. The van der Waals surface area contributed by atoms with E-state index in [2.05, 4.69) is 4.98 Å². The fourth-order valence-corrected chi connectivity index (χ4v) is 1.99. The van der Waals surface area contributed by atoms with Gasteiger partial charge in [-0.05, 0) is 42.0 Å². The van der Waals surface area contributed by atoms with Crippen molar-refractivity contribution in [3.05, 3.63) is 52.4 Å². The lowest BCUT2D eigenvalue weighted by molar-refractivity contribution is 0.628. The van der Waals surface area contributed by atoms with Gasteiger partial charge in [0.05, 0.1) is 0 Å². The van der Waals surface area contributed by atoms with Crippen LogP contribution in [0.2, 0.25) is 0 Å². The van der Waals surface area contributed by atoms with E-state index < -0.39 is 0 Å². The van der Waals surface area contributed by atoms with Gasteiger partial charge in [0.2, 0.25) is 0 Å². The Morgan fingerprint density at radius 3 is 2.29 bits per heavy atom. The van der Waals surface area contributed by atoms with Gasteiger partial charge in [-0.1, -0.05) is 24.4 Å². The molecule has 2 aromatic rings. The molecule has 5 heteroatoms. The Kier molecular flexibility index (Phi) is 3.31. The molecule has 0 bridgehead atoms. The van der Waals surface area contributed by atoms with Gasteiger partial charge in [0.1, 0.15) is 15.4 Å². The normalized spacial score (nSPS) is 10.2. The molecule has 0 unspecified atom stereocenters. The topological polar surface area (TPSA) is 41.8 Å². The first kappa shape index (κ1) is 11.9. The molecule has 0 spiro atoms. The van der Waals surface area contributed by atoms with Crippen LogP contribution in [0.4, 0.5) is 4.39 Å². The number of halogens is 1. The van der Waals surface area contributed by atoms with Crippen LogP contribution in [0.3, 0.4) is 0 Å².